The van der Waals surface area contributed by atoms with Gasteiger partial charge in [0.15, 0.2) is 0 Å². The molecule has 4 heterocycles. The number of nitrogens with one attached hydrogen (secondary N) is 1. The monoisotopic (exact) mass is 485 g/mol. The van der Waals surface area contributed by atoms with Crippen molar-refractivity contribution in [3.63, 3.8) is 0 Å². The third-order valence-electron chi connectivity index (χ3n) is 6.60. The van der Waals surface area contributed by atoms with E-state index in [1.54, 1.807) is 10.6 Å². The lowest BCUT2D eigenvalue weighted by Crippen LogP contribution is -2.47. The molecule has 1 aliphatic heterocycles. The van der Waals surface area contributed by atoms with E-state index in [-0.39, 0.29) is 17.1 Å². The summed E-state index contributed by atoms with van der Waals surface area (Å²) in [5, 5.41) is 31.9. The van der Waals surface area contributed by atoms with E-state index in [0.29, 0.717) is 16.0 Å². The fourth-order valence-electron chi connectivity index (χ4n) is 4.58. The molecule has 0 radical (unpaired) electrons. The van der Waals surface area contributed by atoms with Crippen molar-refractivity contribution in [2.24, 2.45) is 0 Å². The van der Waals surface area contributed by atoms with Crippen LogP contribution in [0.3, 0.4) is 0 Å². The van der Waals surface area contributed by atoms with Gasteiger partial charge in [-0.25, -0.2) is 8.91 Å². The number of aromatic nitrogens is 4. The molecule has 176 valence electrons. The molecule has 1 fully saturated rings. The second-order valence-corrected chi connectivity index (χ2v) is 10.5. The van der Waals surface area contributed by atoms with Gasteiger partial charge in [0.1, 0.15) is 18.0 Å². The highest BCUT2D eigenvalue weighted by Crippen LogP contribution is 2.38. The lowest BCUT2D eigenvalue weighted by atomic mass is 9.91. The summed E-state index contributed by atoms with van der Waals surface area (Å²) in [5.74, 6) is -0.463. The zero-order valence-corrected chi connectivity index (χ0v) is 20.5. The number of hydrogen-bond donors (Lipinski definition) is 1. The maximum atomic E-state index is 13.7. The summed E-state index contributed by atoms with van der Waals surface area (Å²) >= 11 is 1.32. The van der Waals surface area contributed by atoms with E-state index in [9.17, 15) is 14.9 Å². The molecular weight excluding hydrogens is 461 g/mol. The van der Waals surface area contributed by atoms with E-state index >= 15 is 0 Å². The topological polar surface area (TPSA) is 94.7 Å². The number of pyridine rings is 1. The van der Waals surface area contributed by atoms with Crippen molar-refractivity contribution in [1.82, 2.24) is 24.7 Å². The SMILES string of the molecule is Cc1c(-c2cc(Sc3ccc(F)cc3C#N)c3c(C#N)cnn3c2)cnn1C1CCC(C)(C)NC1. The Bertz CT molecular complexity index is 1510. The zero-order valence-electron chi connectivity index (χ0n) is 19.7. The number of fused-ring (bicyclic) bond motifs is 1. The van der Waals surface area contributed by atoms with Gasteiger partial charge in [-0.15, -0.1) is 0 Å². The minimum atomic E-state index is -0.463. The minimum Gasteiger partial charge on any atom is -0.310 e. The van der Waals surface area contributed by atoms with Crippen molar-refractivity contribution in [3.8, 4) is 23.3 Å². The summed E-state index contributed by atoms with van der Waals surface area (Å²) in [6.07, 6.45) is 7.42. The highest BCUT2D eigenvalue weighted by Gasteiger charge is 2.28. The van der Waals surface area contributed by atoms with Gasteiger partial charge in [0, 0.05) is 44.9 Å². The summed E-state index contributed by atoms with van der Waals surface area (Å²) < 4.78 is 17.5. The molecule has 1 atom stereocenters. The van der Waals surface area contributed by atoms with Crippen LogP contribution in [-0.4, -0.2) is 31.5 Å². The van der Waals surface area contributed by atoms with Crippen molar-refractivity contribution >= 4 is 17.3 Å². The summed E-state index contributed by atoms with van der Waals surface area (Å²) in [6, 6.07) is 10.7. The molecule has 1 aliphatic rings. The first-order valence-electron chi connectivity index (χ1n) is 11.4. The third-order valence-corrected chi connectivity index (χ3v) is 7.71. The average Bonchev–Trinajstić information content (AvgIpc) is 3.43. The molecule has 9 heteroatoms. The minimum absolute atomic E-state index is 0.138. The molecule has 1 N–H and O–H groups in total. The lowest BCUT2D eigenvalue weighted by molar-refractivity contribution is 0.231. The number of nitrogens with zero attached hydrogens (tertiary/aromatic N) is 6. The van der Waals surface area contributed by atoms with Crippen LogP contribution in [-0.2, 0) is 0 Å². The number of rotatable bonds is 4. The number of halogens is 1. The van der Waals surface area contributed by atoms with Crippen molar-refractivity contribution in [2.75, 3.05) is 6.54 Å². The summed E-state index contributed by atoms with van der Waals surface area (Å²) in [6.45, 7) is 7.37. The van der Waals surface area contributed by atoms with Crippen LogP contribution in [0.1, 0.15) is 49.6 Å². The molecule has 5 rings (SSSR count). The van der Waals surface area contributed by atoms with Gasteiger partial charge >= 0.3 is 0 Å². The zero-order chi connectivity index (χ0) is 24.7. The molecule has 35 heavy (non-hydrogen) atoms. The summed E-state index contributed by atoms with van der Waals surface area (Å²) in [4.78, 5) is 1.37. The number of benzene rings is 1. The first-order valence-corrected chi connectivity index (χ1v) is 12.2. The van der Waals surface area contributed by atoms with Gasteiger partial charge in [-0.3, -0.25) is 4.68 Å². The van der Waals surface area contributed by atoms with Crippen LogP contribution in [0.5, 0.6) is 0 Å². The van der Waals surface area contributed by atoms with Crippen LogP contribution >= 0.6 is 11.8 Å². The van der Waals surface area contributed by atoms with Crippen molar-refractivity contribution in [3.05, 3.63) is 65.5 Å². The first kappa shape index (κ1) is 23.1. The Morgan fingerprint density at radius 2 is 1.91 bits per heavy atom. The van der Waals surface area contributed by atoms with Gasteiger partial charge in [-0.05, 0) is 57.9 Å². The predicted molar refractivity (Wildman–Crippen MR) is 131 cm³/mol. The van der Waals surface area contributed by atoms with Crippen LogP contribution in [0.4, 0.5) is 4.39 Å². The quantitative estimate of drug-likeness (QED) is 0.425. The second-order valence-electron chi connectivity index (χ2n) is 9.46. The number of piperidine rings is 1. The number of nitriles is 2. The maximum Gasteiger partial charge on any atom is 0.124 e. The molecule has 0 amide bonds. The average molecular weight is 486 g/mol. The van der Waals surface area contributed by atoms with Gasteiger partial charge in [-0.2, -0.15) is 20.7 Å². The smallest absolute Gasteiger partial charge is 0.124 e. The van der Waals surface area contributed by atoms with E-state index in [1.165, 1.54) is 30.1 Å². The Morgan fingerprint density at radius 3 is 2.63 bits per heavy atom. The Morgan fingerprint density at radius 1 is 1.11 bits per heavy atom. The number of hydrogen-bond acceptors (Lipinski definition) is 6. The molecule has 1 unspecified atom stereocenters. The molecule has 1 saturated heterocycles. The molecule has 0 aliphatic carbocycles. The van der Waals surface area contributed by atoms with Gasteiger partial charge in [-0.1, -0.05) is 11.8 Å². The Labute approximate surface area is 207 Å². The van der Waals surface area contributed by atoms with Crippen molar-refractivity contribution in [1.29, 1.82) is 10.5 Å². The van der Waals surface area contributed by atoms with E-state index in [1.807, 2.05) is 18.5 Å². The summed E-state index contributed by atoms with van der Waals surface area (Å²) in [5.41, 5.74) is 4.40. The largest absolute Gasteiger partial charge is 0.310 e. The van der Waals surface area contributed by atoms with Crippen LogP contribution in [0.15, 0.2) is 52.6 Å². The Kier molecular flexibility index (Phi) is 5.84. The Hall–Kier alpha value is -3.66. The van der Waals surface area contributed by atoms with E-state index in [2.05, 4.69) is 48.0 Å². The van der Waals surface area contributed by atoms with Gasteiger partial charge in [0.25, 0.3) is 0 Å². The molecule has 4 aromatic rings. The van der Waals surface area contributed by atoms with Crippen molar-refractivity contribution in [2.45, 2.75) is 55.0 Å². The highest BCUT2D eigenvalue weighted by atomic mass is 32.2. The predicted octanol–water partition coefficient (Wildman–Crippen LogP) is 5.24. The van der Waals surface area contributed by atoms with Crippen LogP contribution in [0.25, 0.3) is 16.6 Å². The third kappa shape index (κ3) is 4.29. The molecule has 7 nitrogen and oxygen atoms in total. The second kappa shape index (κ2) is 8.84. The van der Waals surface area contributed by atoms with Crippen LogP contribution in [0, 0.1) is 35.4 Å². The van der Waals surface area contributed by atoms with Gasteiger partial charge < -0.3 is 5.32 Å². The lowest BCUT2D eigenvalue weighted by Gasteiger charge is -2.36. The normalized spacial score (nSPS) is 17.3. The van der Waals surface area contributed by atoms with Crippen molar-refractivity contribution < 1.29 is 4.39 Å². The standard InChI is InChI=1S/C26H24FN7S/c1-16-22(14-32-34(16)21-6-7-26(2,3)30-13-21)18-9-24(25-19(11-29)12-31-33(25)15-18)35-23-5-4-20(27)8-17(23)10-28/h4-5,8-9,12,14-15,21,30H,6-7,13H2,1-3H3. The van der Waals surface area contributed by atoms with Gasteiger partial charge in [0.05, 0.1) is 35.1 Å². The molecular formula is C26H24FN7S. The molecule has 0 spiro atoms. The molecule has 0 bridgehead atoms. The molecule has 0 saturated carbocycles. The highest BCUT2D eigenvalue weighted by molar-refractivity contribution is 7.99. The van der Waals surface area contributed by atoms with Gasteiger partial charge in [0.2, 0.25) is 0 Å². The molecule has 3 aromatic heterocycles. The van der Waals surface area contributed by atoms with Crippen LogP contribution in [0.2, 0.25) is 0 Å². The van der Waals surface area contributed by atoms with E-state index < -0.39 is 5.82 Å². The maximum absolute atomic E-state index is 13.7. The van der Waals surface area contributed by atoms with Crippen LogP contribution < -0.4 is 5.32 Å². The summed E-state index contributed by atoms with van der Waals surface area (Å²) in [7, 11) is 0. The van der Waals surface area contributed by atoms with E-state index in [4.69, 9.17) is 5.10 Å². The Balaban J connectivity index is 1.58. The van der Waals surface area contributed by atoms with E-state index in [0.717, 1.165) is 41.1 Å². The fraction of sp³-hybridized carbons (Fsp3) is 0.308. The molecule has 1 aromatic carbocycles. The first-order chi connectivity index (χ1) is 16.8. The fourth-order valence-corrected chi connectivity index (χ4v) is 5.66.